The van der Waals surface area contributed by atoms with Crippen LogP contribution in [0.1, 0.15) is 0 Å². The van der Waals surface area contributed by atoms with Crippen LogP contribution in [-0.4, -0.2) is 49.9 Å². The third-order valence-corrected chi connectivity index (χ3v) is 5.60. The summed E-state index contributed by atoms with van der Waals surface area (Å²) >= 11 is 0. The molecule has 156 valence electrons. The summed E-state index contributed by atoms with van der Waals surface area (Å²) in [6.45, 7) is 1.36. The first-order chi connectivity index (χ1) is 14.6. The summed E-state index contributed by atoms with van der Waals surface area (Å²) in [5.41, 5.74) is 0.807. The largest absolute Gasteiger partial charge is 0.486 e. The van der Waals surface area contributed by atoms with Gasteiger partial charge in [0.2, 0.25) is 10.0 Å². The van der Waals surface area contributed by atoms with Crippen LogP contribution in [0, 0.1) is 0 Å². The van der Waals surface area contributed by atoms with Crippen molar-refractivity contribution >= 4 is 27.3 Å². The van der Waals surface area contributed by atoms with Gasteiger partial charge in [0.1, 0.15) is 19.0 Å². The van der Waals surface area contributed by atoms with Gasteiger partial charge in [-0.1, -0.05) is 0 Å². The predicted octanol–water partition coefficient (Wildman–Crippen LogP) is 1.78. The molecule has 0 saturated heterocycles. The van der Waals surface area contributed by atoms with Gasteiger partial charge in [0.15, 0.2) is 17.3 Å². The van der Waals surface area contributed by atoms with Gasteiger partial charge in [-0.25, -0.2) is 13.1 Å². The van der Waals surface area contributed by atoms with Crippen molar-refractivity contribution in [1.29, 1.82) is 0 Å². The van der Waals surface area contributed by atoms with Crippen LogP contribution < -0.4 is 24.8 Å². The number of benzene rings is 1. The Morgan fingerprint density at radius 2 is 1.73 bits per heavy atom. The van der Waals surface area contributed by atoms with E-state index >= 15 is 0 Å². The predicted molar refractivity (Wildman–Crippen MR) is 111 cm³/mol. The van der Waals surface area contributed by atoms with Gasteiger partial charge in [0.25, 0.3) is 0 Å². The molecular weight excluding hydrogens is 408 g/mol. The van der Waals surface area contributed by atoms with Crippen molar-refractivity contribution < 1.29 is 17.9 Å². The van der Waals surface area contributed by atoms with Gasteiger partial charge in [0, 0.05) is 25.4 Å². The molecule has 1 aliphatic rings. The number of hydrogen-bond donors (Lipinski definition) is 3. The van der Waals surface area contributed by atoms with Crippen LogP contribution >= 0.6 is 0 Å². The Hall–Kier alpha value is -3.44. The summed E-state index contributed by atoms with van der Waals surface area (Å²) < 4.78 is 38.3. The summed E-state index contributed by atoms with van der Waals surface area (Å²) in [7, 11) is -3.67. The number of anilines is 3. The van der Waals surface area contributed by atoms with E-state index in [-0.39, 0.29) is 11.4 Å². The van der Waals surface area contributed by atoms with E-state index in [0.717, 1.165) is 5.69 Å². The Balaban J connectivity index is 1.27. The molecule has 0 radical (unpaired) electrons. The van der Waals surface area contributed by atoms with E-state index in [1.807, 2.05) is 12.1 Å². The zero-order chi connectivity index (χ0) is 20.8. The number of aromatic nitrogens is 3. The first kappa shape index (κ1) is 19.9. The SMILES string of the molecule is O=S(=O)(NCCNc1ccc(Nc2cccnc2)nn1)c1ccc2c(c1)OCCO2. The van der Waals surface area contributed by atoms with Gasteiger partial charge < -0.3 is 20.1 Å². The minimum atomic E-state index is -3.67. The Bertz CT molecular complexity index is 1090. The quantitative estimate of drug-likeness (QED) is 0.460. The van der Waals surface area contributed by atoms with E-state index in [1.54, 1.807) is 30.6 Å². The molecule has 3 aromatic rings. The molecule has 30 heavy (non-hydrogen) atoms. The van der Waals surface area contributed by atoms with Crippen molar-refractivity contribution in [2.45, 2.75) is 4.90 Å². The summed E-state index contributed by atoms with van der Waals surface area (Å²) in [5.74, 6) is 2.08. The van der Waals surface area contributed by atoms with Crippen LogP contribution in [0.3, 0.4) is 0 Å². The van der Waals surface area contributed by atoms with Crippen molar-refractivity contribution in [2.24, 2.45) is 0 Å². The number of fused-ring (bicyclic) bond motifs is 1. The van der Waals surface area contributed by atoms with E-state index in [0.29, 0.717) is 42.9 Å². The molecular formula is C19H20N6O4S. The highest BCUT2D eigenvalue weighted by Gasteiger charge is 2.18. The molecule has 0 amide bonds. The lowest BCUT2D eigenvalue weighted by molar-refractivity contribution is 0.171. The Morgan fingerprint density at radius 3 is 2.50 bits per heavy atom. The highest BCUT2D eigenvalue weighted by atomic mass is 32.2. The van der Waals surface area contributed by atoms with Crippen LogP contribution in [0.2, 0.25) is 0 Å². The lowest BCUT2D eigenvalue weighted by atomic mass is 10.3. The van der Waals surface area contributed by atoms with Gasteiger partial charge >= 0.3 is 0 Å². The van der Waals surface area contributed by atoms with Gasteiger partial charge in [0.05, 0.1) is 16.8 Å². The Labute approximate surface area is 173 Å². The number of rotatable bonds is 8. The van der Waals surface area contributed by atoms with E-state index < -0.39 is 10.0 Å². The first-order valence-corrected chi connectivity index (χ1v) is 10.7. The maximum Gasteiger partial charge on any atom is 0.240 e. The molecule has 0 unspecified atom stereocenters. The average molecular weight is 428 g/mol. The molecule has 0 saturated carbocycles. The topological polar surface area (TPSA) is 127 Å². The minimum absolute atomic E-state index is 0.123. The maximum absolute atomic E-state index is 12.5. The highest BCUT2D eigenvalue weighted by Crippen LogP contribution is 2.32. The molecule has 1 aliphatic heterocycles. The van der Waals surface area contributed by atoms with Gasteiger partial charge in [-0.15, -0.1) is 10.2 Å². The van der Waals surface area contributed by atoms with Crippen molar-refractivity contribution in [3.8, 4) is 11.5 Å². The van der Waals surface area contributed by atoms with Crippen LogP contribution in [0.15, 0.2) is 59.8 Å². The highest BCUT2D eigenvalue weighted by molar-refractivity contribution is 7.89. The van der Waals surface area contributed by atoms with Crippen molar-refractivity contribution in [1.82, 2.24) is 19.9 Å². The first-order valence-electron chi connectivity index (χ1n) is 9.24. The molecule has 0 bridgehead atoms. The van der Waals surface area contributed by atoms with Gasteiger partial charge in [-0.2, -0.15) is 0 Å². The van der Waals surface area contributed by atoms with Gasteiger partial charge in [-0.05, 0) is 36.4 Å². The maximum atomic E-state index is 12.5. The zero-order valence-corrected chi connectivity index (χ0v) is 16.7. The molecule has 1 aromatic carbocycles. The Morgan fingerprint density at radius 1 is 0.933 bits per heavy atom. The van der Waals surface area contributed by atoms with Crippen molar-refractivity contribution in [3.05, 3.63) is 54.9 Å². The second kappa shape index (κ2) is 8.93. The monoisotopic (exact) mass is 428 g/mol. The fourth-order valence-corrected chi connectivity index (χ4v) is 3.77. The fourth-order valence-electron chi connectivity index (χ4n) is 2.73. The summed E-state index contributed by atoms with van der Waals surface area (Å²) in [5, 5.41) is 14.2. The second-order valence-corrected chi connectivity index (χ2v) is 8.07. The van der Waals surface area contributed by atoms with E-state index in [2.05, 4.69) is 30.5 Å². The summed E-state index contributed by atoms with van der Waals surface area (Å²) in [6.07, 6.45) is 3.37. The van der Waals surface area contributed by atoms with Crippen LogP contribution in [-0.2, 0) is 10.0 Å². The van der Waals surface area contributed by atoms with Gasteiger partial charge in [-0.3, -0.25) is 4.98 Å². The summed E-state index contributed by atoms with van der Waals surface area (Å²) in [6, 6.07) is 11.7. The van der Waals surface area contributed by atoms with E-state index in [1.165, 1.54) is 12.1 Å². The van der Waals surface area contributed by atoms with E-state index in [9.17, 15) is 8.42 Å². The number of nitrogens with zero attached hydrogens (tertiary/aromatic N) is 3. The molecule has 3 heterocycles. The van der Waals surface area contributed by atoms with Crippen LogP contribution in [0.25, 0.3) is 0 Å². The number of nitrogens with one attached hydrogen (secondary N) is 3. The van der Waals surface area contributed by atoms with Crippen molar-refractivity contribution in [2.75, 3.05) is 36.9 Å². The molecule has 0 fully saturated rings. The minimum Gasteiger partial charge on any atom is -0.486 e. The van der Waals surface area contributed by atoms with Crippen LogP contribution in [0.4, 0.5) is 17.3 Å². The van der Waals surface area contributed by atoms with E-state index in [4.69, 9.17) is 9.47 Å². The fraction of sp³-hybridized carbons (Fsp3) is 0.211. The smallest absolute Gasteiger partial charge is 0.240 e. The van der Waals surface area contributed by atoms with Crippen molar-refractivity contribution in [3.63, 3.8) is 0 Å². The summed E-state index contributed by atoms with van der Waals surface area (Å²) in [4.78, 5) is 4.14. The number of pyridine rings is 1. The third kappa shape index (κ3) is 4.93. The second-order valence-electron chi connectivity index (χ2n) is 6.30. The average Bonchev–Trinajstić information content (AvgIpc) is 2.78. The molecule has 0 atom stereocenters. The molecule has 3 N–H and O–H groups in total. The molecule has 11 heteroatoms. The van der Waals surface area contributed by atoms with Crippen LogP contribution in [0.5, 0.6) is 11.5 Å². The zero-order valence-electron chi connectivity index (χ0n) is 15.9. The molecule has 2 aromatic heterocycles. The number of ether oxygens (including phenoxy) is 2. The third-order valence-electron chi connectivity index (χ3n) is 4.15. The standard InChI is InChI=1S/C19H20N6O4S/c26-30(27,15-3-4-16-17(12-15)29-11-10-28-16)22-9-8-21-18-5-6-19(25-24-18)23-14-2-1-7-20-13-14/h1-7,12-13,22H,8-11H2,(H,21,24)(H,23,25). The number of hydrogen-bond acceptors (Lipinski definition) is 9. The molecule has 10 nitrogen and oxygen atoms in total. The molecule has 0 aliphatic carbocycles. The number of sulfonamides is 1. The molecule has 0 spiro atoms. The lowest BCUT2D eigenvalue weighted by Gasteiger charge is -2.19. The lowest BCUT2D eigenvalue weighted by Crippen LogP contribution is -2.29. The molecule has 4 rings (SSSR count). The normalized spacial score (nSPS) is 12.9. The Kier molecular flexibility index (Phi) is 5.91.